The molecule has 0 saturated heterocycles. The Labute approximate surface area is 137 Å². The molecule has 0 radical (unpaired) electrons. The first-order valence-corrected chi connectivity index (χ1v) is 8.45. The number of halogens is 1. The van der Waals surface area contributed by atoms with Crippen molar-refractivity contribution in [1.29, 1.82) is 0 Å². The van der Waals surface area contributed by atoms with E-state index in [1.165, 1.54) is 22.4 Å². The fraction of sp³-hybridized carbons (Fsp3) is 0.300. The second-order valence-electron chi connectivity index (χ2n) is 6.31. The lowest BCUT2D eigenvalue weighted by Crippen LogP contribution is -2.29. The maximum atomic E-state index is 6.20. The van der Waals surface area contributed by atoms with Crippen molar-refractivity contribution in [1.82, 2.24) is 0 Å². The van der Waals surface area contributed by atoms with Crippen molar-refractivity contribution in [2.24, 2.45) is 5.92 Å². The molecule has 4 rings (SSSR count). The summed E-state index contributed by atoms with van der Waals surface area (Å²) < 4.78 is 0. The predicted molar refractivity (Wildman–Crippen MR) is 93.6 cm³/mol. The van der Waals surface area contributed by atoms with Crippen LogP contribution in [0.1, 0.15) is 42.0 Å². The lowest BCUT2D eigenvalue weighted by molar-refractivity contribution is 0.425. The fourth-order valence-electron chi connectivity index (χ4n) is 3.89. The number of hydrogen-bond acceptors (Lipinski definition) is 1. The molecule has 2 aliphatic rings. The summed E-state index contributed by atoms with van der Waals surface area (Å²) in [5.41, 5.74) is 5.43. The average Bonchev–Trinajstić information content (AvgIpc) is 3.03. The Morgan fingerprint density at radius 1 is 1.18 bits per heavy atom. The number of benzene rings is 2. The Kier molecular flexibility index (Phi) is 3.46. The van der Waals surface area contributed by atoms with Gasteiger partial charge in [0, 0.05) is 16.6 Å². The number of allylic oxidation sites excluding steroid dienone is 2. The summed E-state index contributed by atoms with van der Waals surface area (Å²) in [7, 11) is 0. The molecule has 0 saturated carbocycles. The summed E-state index contributed by atoms with van der Waals surface area (Å²) in [6, 6.07) is 15.5. The van der Waals surface area contributed by atoms with E-state index in [1.54, 1.807) is 0 Å². The molecule has 0 fully saturated rings. The van der Waals surface area contributed by atoms with Crippen molar-refractivity contribution in [2.45, 2.75) is 31.7 Å². The van der Waals surface area contributed by atoms with E-state index >= 15 is 0 Å². The first-order chi connectivity index (χ1) is 10.8. The van der Waals surface area contributed by atoms with Crippen molar-refractivity contribution in [3.63, 3.8) is 0 Å². The van der Waals surface area contributed by atoms with Crippen LogP contribution in [0.4, 0.5) is 5.69 Å². The number of nitrogens with one attached hydrogen (secondary N) is 1. The maximum Gasteiger partial charge on any atom is 0.0554 e. The Hall–Kier alpha value is -1.73. The fourth-order valence-corrected chi connectivity index (χ4v) is 4.09. The molecule has 2 aromatic carbocycles. The van der Waals surface area contributed by atoms with Crippen LogP contribution >= 0.6 is 11.6 Å². The van der Waals surface area contributed by atoms with Crippen LogP contribution in [0.25, 0.3) is 0 Å². The highest BCUT2D eigenvalue weighted by Crippen LogP contribution is 2.50. The van der Waals surface area contributed by atoms with Gasteiger partial charge in [-0.05, 0) is 53.6 Å². The molecule has 1 heterocycles. The average molecular weight is 310 g/mol. The predicted octanol–water partition coefficient (Wildman–Crippen LogP) is 5.73. The quantitative estimate of drug-likeness (QED) is 0.699. The zero-order valence-corrected chi connectivity index (χ0v) is 13.5. The molecule has 1 aliphatic carbocycles. The highest BCUT2D eigenvalue weighted by Gasteiger charge is 2.37. The van der Waals surface area contributed by atoms with Crippen molar-refractivity contribution in [2.75, 3.05) is 5.32 Å². The first kappa shape index (κ1) is 13.9. The summed E-state index contributed by atoms with van der Waals surface area (Å²) in [6.07, 6.45) is 6.94. The Morgan fingerprint density at radius 3 is 2.91 bits per heavy atom. The van der Waals surface area contributed by atoms with Gasteiger partial charge >= 0.3 is 0 Å². The van der Waals surface area contributed by atoms with Crippen molar-refractivity contribution in [3.05, 3.63) is 76.3 Å². The summed E-state index contributed by atoms with van der Waals surface area (Å²) >= 11 is 6.20. The van der Waals surface area contributed by atoms with Crippen LogP contribution < -0.4 is 5.32 Å². The third kappa shape index (κ3) is 2.24. The Balaban J connectivity index is 1.78. The monoisotopic (exact) mass is 309 g/mol. The molecule has 1 nitrogen and oxygen atoms in total. The van der Waals surface area contributed by atoms with Crippen molar-refractivity contribution < 1.29 is 0 Å². The van der Waals surface area contributed by atoms with Crippen LogP contribution in [0.3, 0.4) is 0 Å². The highest BCUT2D eigenvalue weighted by molar-refractivity contribution is 6.30. The summed E-state index contributed by atoms with van der Waals surface area (Å²) in [5.74, 6) is 1.10. The molecule has 0 bridgehead atoms. The minimum atomic E-state index is 0.332. The van der Waals surface area contributed by atoms with Gasteiger partial charge in [-0.15, -0.1) is 0 Å². The zero-order chi connectivity index (χ0) is 15.1. The van der Waals surface area contributed by atoms with E-state index in [0.29, 0.717) is 17.9 Å². The van der Waals surface area contributed by atoms with Crippen LogP contribution in [-0.4, -0.2) is 0 Å². The van der Waals surface area contributed by atoms with Gasteiger partial charge in [0.25, 0.3) is 0 Å². The van der Waals surface area contributed by atoms with E-state index < -0.39 is 0 Å². The molecule has 0 spiro atoms. The lowest BCUT2D eigenvalue weighted by Gasteiger charge is -2.37. The molecule has 2 aromatic rings. The zero-order valence-electron chi connectivity index (χ0n) is 12.7. The molecule has 112 valence electrons. The Bertz CT molecular complexity index is 734. The molecule has 0 amide bonds. The van der Waals surface area contributed by atoms with Gasteiger partial charge in [0.05, 0.1) is 6.04 Å². The topological polar surface area (TPSA) is 12.0 Å². The number of fused-ring (bicyclic) bond motifs is 3. The third-order valence-corrected chi connectivity index (χ3v) is 5.28. The molecule has 0 unspecified atom stereocenters. The number of aryl methyl sites for hydroxylation is 1. The molecular weight excluding hydrogens is 290 g/mol. The molecule has 3 atom stereocenters. The molecule has 1 aliphatic heterocycles. The number of anilines is 1. The van der Waals surface area contributed by atoms with Gasteiger partial charge in [0.1, 0.15) is 0 Å². The molecule has 2 heteroatoms. The van der Waals surface area contributed by atoms with E-state index in [0.717, 1.165) is 17.9 Å². The first-order valence-electron chi connectivity index (χ1n) is 8.07. The van der Waals surface area contributed by atoms with Crippen molar-refractivity contribution in [3.8, 4) is 0 Å². The van der Waals surface area contributed by atoms with E-state index in [9.17, 15) is 0 Å². The molecular formula is C20H20ClN. The largest absolute Gasteiger partial charge is 0.378 e. The van der Waals surface area contributed by atoms with Gasteiger partial charge in [-0.1, -0.05) is 54.9 Å². The minimum absolute atomic E-state index is 0.332. The smallest absolute Gasteiger partial charge is 0.0554 e. The van der Waals surface area contributed by atoms with Crippen LogP contribution in [-0.2, 0) is 6.42 Å². The van der Waals surface area contributed by atoms with Gasteiger partial charge in [-0.25, -0.2) is 0 Å². The van der Waals surface area contributed by atoms with E-state index in [2.05, 4.69) is 54.7 Å². The van der Waals surface area contributed by atoms with Crippen LogP contribution in [0, 0.1) is 5.92 Å². The van der Waals surface area contributed by atoms with Gasteiger partial charge < -0.3 is 5.32 Å². The molecule has 1 N–H and O–H groups in total. The van der Waals surface area contributed by atoms with Gasteiger partial charge in [-0.3, -0.25) is 0 Å². The van der Waals surface area contributed by atoms with E-state index in [-0.39, 0.29) is 0 Å². The standard InChI is InChI=1S/C20H20ClN/c1-2-13-9-10-19-18(11-13)16-7-4-8-17(16)20(22-19)14-5-3-6-15(21)12-14/h3-7,9-12,16-17,20,22H,2,8H2,1H3/t16-,17+,20-/m1/s1. The molecule has 0 aromatic heterocycles. The van der Waals surface area contributed by atoms with Gasteiger partial charge in [0.15, 0.2) is 0 Å². The lowest BCUT2D eigenvalue weighted by atomic mass is 9.76. The van der Waals surface area contributed by atoms with Gasteiger partial charge in [-0.2, -0.15) is 0 Å². The summed E-state index contributed by atoms with van der Waals surface area (Å²) in [4.78, 5) is 0. The third-order valence-electron chi connectivity index (χ3n) is 5.04. The summed E-state index contributed by atoms with van der Waals surface area (Å²) in [6.45, 7) is 2.22. The second kappa shape index (κ2) is 5.48. The Morgan fingerprint density at radius 2 is 2.09 bits per heavy atom. The molecule has 22 heavy (non-hydrogen) atoms. The number of rotatable bonds is 2. The normalized spacial score (nSPS) is 25.5. The second-order valence-corrected chi connectivity index (χ2v) is 6.74. The minimum Gasteiger partial charge on any atom is -0.378 e. The number of hydrogen-bond donors (Lipinski definition) is 1. The van der Waals surface area contributed by atoms with Crippen LogP contribution in [0.15, 0.2) is 54.6 Å². The van der Waals surface area contributed by atoms with Crippen molar-refractivity contribution >= 4 is 17.3 Å². The van der Waals surface area contributed by atoms with Crippen LogP contribution in [0.5, 0.6) is 0 Å². The van der Waals surface area contributed by atoms with Gasteiger partial charge in [0.2, 0.25) is 0 Å². The SMILES string of the molecule is CCc1ccc2c(c1)[C@@H]1C=CC[C@@H]1[C@@H](c1cccc(Cl)c1)N2. The van der Waals surface area contributed by atoms with E-state index in [4.69, 9.17) is 11.6 Å². The highest BCUT2D eigenvalue weighted by atomic mass is 35.5. The summed E-state index contributed by atoms with van der Waals surface area (Å²) in [5, 5.41) is 4.58. The maximum absolute atomic E-state index is 6.20. The van der Waals surface area contributed by atoms with Crippen LogP contribution in [0.2, 0.25) is 5.02 Å². The van der Waals surface area contributed by atoms with E-state index in [1.807, 2.05) is 12.1 Å².